The molecule has 0 saturated carbocycles. The first kappa shape index (κ1) is 14.3. The van der Waals surface area contributed by atoms with Crippen molar-refractivity contribution in [3.63, 3.8) is 0 Å². The van der Waals surface area contributed by atoms with E-state index >= 15 is 0 Å². The first-order valence-electron chi connectivity index (χ1n) is 6.71. The average molecular weight is 326 g/mol. The zero-order valence-corrected chi connectivity index (χ0v) is 13.0. The largest absolute Gasteiger partial charge is 0.353 e. The predicted octanol–water partition coefficient (Wildman–Crippen LogP) is 2.64. The highest BCUT2D eigenvalue weighted by atomic mass is 79.9. The summed E-state index contributed by atoms with van der Waals surface area (Å²) in [6, 6.07) is 3.91. The lowest BCUT2D eigenvalue weighted by Gasteiger charge is -2.17. The minimum Gasteiger partial charge on any atom is -0.353 e. The van der Waals surface area contributed by atoms with Crippen molar-refractivity contribution in [2.45, 2.75) is 20.3 Å². The lowest BCUT2D eigenvalue weighted by atomic mass is 10.3. The molecule has 0 atom stereocenters. The molecule has 0 amide bonds. The van der Waals surface area contributed by atoms with Gasteiger partial charge in [0.05, 0.1) is 4.47 Å². The van der Waals surface area contributed by atoms with Gasteiger partial charge in [-0.3, -0.25) is 0 Å². The maximum Gasteiger partial charge on any atom is 0.243 e. The minimum absolute atomic E-state index is 0.687. The molecular formula is C13H20BrN5. The zero-order valence-electron chi connectivity index (χ0n) is 11.4. The molecule has 0 saturated heterocycles. The van der Waals surface area contributed by atoms with Crippen molar-refractivity contribution in [1.29, 1.82) is 0 Å². The Morgan fingerprint density at radius 2 is 2.16 bits per heavy atom. The molecule has 0 aliphatic carbocycles. The molecule has 0 aliphatic rings. The van der Waals surface area contributed by atoms with Gasteiger partial charge in [0.15, 0.2) is 5.65 Å². The predicted molar refractivity (Wildman–Crippen MR) is 81.6 cm³/mol. The van der Waals surface area contributed by atoms with Gasteiger partial charge < -0.3 is 10.2 Å². The van der Waals surface area contributed by atoms with Crippen LogP contribution in [0.3, 0.4) is 0 Å². The van der Waals surface area contributed by atoms with E-state index in [-0.39, 0.29) is 0 Å². The second-order valence-electron chi connectivity index (χ2n) is 4.37. The molecule has 0 spiro atoms. The lowest BCUT2D eigenvalue weighted by Crippen LogP contribution is -2.25. The second kappa shape index (κ2) is 6.86. The molecule has 0 bridgehead atoms. The summed E-state index contributed by atoms with van der Waals surface area (Å²) in [4.78, 5) is 6.86. The van der Waals surface area contributed by atoms with Gasteiger partial charge >= 0.3 is 0 Å². The molecule has 19 heavy (non-hydrogen) atoms. The summed E-state index contributed by atoms with van der Waals surface area (Å²) in [6.07, 6.45) is 2.99. The quantitative estimate of drug-likeness (QED) is 0.795. The Labute approximate surface area is 122 Å². The average Bonchev–Trinajstić information content (AvgIpc) is 2.83. The van der Waals surface area contributed by atoms with E-state index in [9.17, 15) is 0 Å². The highest BCUT2D eigenvalue weighted by Gasteiger charge is 2.05. The Kier molecular flexibility index (Phi) is 5.15. The minimum atomic E-state index is 0.687. The second-order valence-corrected chi connectivity index (χ2v) is 5.22. The van der Waals surface area contributed by atoms with Crippen LogP contribution >= 0.6 is 15.9 Å². The van der Waals surface area contributed by atoms with Gasteiger partial charge in [-0.05, 0) is 54.1 Å². The van der Waals surface area contributed by atoms with Crippen molar-refractivity contribution in [2.75, 3.05) is 31.5 Å². The summed E-state index contributed by atoms with van der Waals surface area (Å²) >= 11 is 3.47. The molecule has 0 radical (unpaired) electrons. The molecular weight excluding hydrogens is 306 g/mol. The van der Waals surface area contributed by atoms with Crippen LogP contribution < -0.4 is 5.32 Å². The molecule has 0 aromatic carbocycles. The summed E-state index contributed by atoms with van der Waals surface area (Å²) in [5.74, 6) is 0.687. The number of anilines is 1. The van der Waals surface area contributed by atoms with Crippen LogP contribution in [0.4, 0.5) is 5.95 Å². The first-order chi connectivity index (χ1) is 9.24. The molecule has 6 heteroatoms. The number of hydrogen-bond acceptors (Lipinski definition) is 4. The zero-order chi connectivity index (χ0) is 13.7. The normalized spacial score (nSPS) is 11.4. The number of pyridine rings is 1. The third-order valence-electron chi connectivity index (χ3n) is 3.14. The summed E-state index contributed by atoms with van der Waals surface area (Å²) in [7, 11) is 0. The van der Waals surface area contributed by atoms with Gasteiger partial charge in [0, 0.05) is 12.7 Å². The van der Waals surface area contributed by atoms with Crippen LogP contribution in [0, 0.1) is 0 Å². The number of fused-ring (bicyclic) bond motifs is 1. The maximum atomic E-state index is 4.45. The summed E-state index contributed by atoms with van der Waals surface area (Å²) < 4.78 is 2.73. The van der Waals surface area contributed by atoms with Crippen LogP contribution in [0.2, 0.25) is 0 Å². The van der Waals surface area contributed by atoms with Gasteiger partial charge in [0.1, 0.15) is 0 Å². The fourth-order valence-corrected chi connectivity index (χ4v) is 2.41. The Morgan fingerprint density at radius 3 is 2.84 bits per heavy atom. The molecule has 2 aromatic rings. The number of nitrogens with one attached hydrogen (secondary N) is 1. The van der Waals surface area contributed by atoms with Gasteiger partial charge in [0.2, 0.25) is 5.95 Å². The molecule has 2 rings (SSSR count). The third kappa shape index (κ3) is 3.67. The van der Waals surface area contributed by atoms with Crippen LogP contribution in [0.15, 0.2) is 22.8 Å². The van der Waals surface area contributed by atoms with E-state index in [1.807, 2.05) is 18.3 Å². The summed E-state index contributed by atoms with van der Waals surface area (Å²) in [5.41, 5.74) is 0.841. The van der Waals surface area contributed by atoms with Gasteiger partial charge in [-0.1, -0.05) is 13.8 Å². The van der Waals surface area contributed by atoms with Crippen LogP contribution in [0.5, 0.6) is 0 Å². The summed E-state index contributed by atoms with van der Waals surface area (Å²) in [6.45, 7) is 8.60. The monoisotopic (exact) mass is 325 g/mol. The van der Waals surface area contributed by atoms with Crippen molar-refractivity contribution in [3.05, 3.63) is 22.8 Å². The molecule has 0 fully saturated rings. The maximum absolute atomic E-state index is 4.45. The number of halogens is 1. The van der Waals surface area contributed by atoms with E-state index in [2.05, 4.69) is 50.1 Å². The third-order valence-corrected chi connectivity index (χ3v) is 3.76. The van der Waals surface area contributed by atoms with E-state index in [1.165, 1.54) is 0 Å². The topological polar surface area (TPSA) is 45.5 Å². The standard InChI is InChI=1S/C13H20BrN5/c1-3-18(4-2)9-6-8-15-13-16-12-11(14)7-5-10-19(12)17-13/h5,7,10H,3-4,6,8-9H2,1-2H3,(H,15,17). The Morgan fingerprint density at radius 1 is 1.37 bits per heavy atom. The summed E-state index contributed by atoms with van der Waals surface area (Å²) in [5, 5.41) is 7.66. The molecule has 0 aliphatic heterocycles. The smallest absolute Gasteiger partial charge is 0.243 e. The molecule has 104 valence electrons. The van der Waals surface area contributed by atoms with E-state index in [1.54, 1.807) is 4.52 Å². The molecule has 5 nitrogen and oxygen atoms in total. The highest BCUT2D eigenvalue weighted by Crippen LogP contribution is 2.16. The van der Waals surface area contributed by atoms with Gasteiger partial charge in [-0.25, -0.2) is 4.52 Å². The molecule has 2 aromatic heterocycles. The van der Waals surface area contributed by atoms with Gasteiger partial charge in [-0.2, -0.15) is 4.98 Å². The number of hydrogen-bond donors (Lipinski definition) is 1. The van der Waals surface area contributed by atoms with Gasteiger partial charge in [-0.15, -0.1) is 5.10 Å². The number of aromatic nitrogens is 3. The van der Waals surface area contributed by atoms with Crippen LogP contribution in [0.25, 0.3) is 5.65 Å². The van der Waals surface area contributed by atoms with Crippen molar-refractivity contribution < 1.29 is 0 Å². The number of rotatable bonds is 7. The molecule has 1 N–H and O–H groups in total. The Balaban J connectivity index is 1.86. The Hall–Kier alpha value is -1.14. The SMILES string of the molecule is CCN(CC)CCCNc1nc2c(Br)cccn2n1. The first-order valence-corrected chi connectivity index (χ1v) is 7.51. The van der Waals surface area contributed by atoms with Crippen LogP contribution in [-0.4, -0.2) is 45.7 Å². The lowest BCUT2D eigenvalue weighted by molar-refractivity contribution is 0.303. The van der Waals surface area contributed by atoms with Crippen molar-refractivity contribution >= 4 is 27.5 Å². The van der Waals surface area contributed by atoms with E-state index < -0.39 is 0 Å². The fraction of sp³-hybridized carbons (Fsp3) is 0.538. The fourth-order valence-electron chi connectivity index (χ4n) is 1.99. The number of nitrogens with zero attached hydrogens (tertiary/aromatic N) is 4. The van der Waals surface area contributed by atoms with Crippen molar-refractivity contribution in [3.8, 4) is 0 Å². The van der Waals surface area contributed by atoms with E-state index in [0.29, 0.717) is 5.95 Å². The highest BCUT2D eigenvalue weighted by molar-refractivity contribution is 9.10. The molecule has 0 unspecified atom stereocenters. The van der Waals surface area contributed by atoms with E-state index in [0.717, 1.165) is 42.7 Å². The van der Waals surface area contributed by atoms with Gasteiger partial charge in [0.25, 0.3) is 0 Å². The van der Waals surface area contributed by atoms with E-state index in [4.69, 9.17) is 0 Å². The van der Waals surface area contributed by atoms with Crippen LogP contribution in [0.1, 0.15) is 20.3 Å². The van der Waals surface area contributed by atoms with Crippen molar-refractivity contribution in [2.24, 2.45) is 0 Å². The van der Waals surface area contributed by atoms with Crippen LogP contribution in [-0.2, 0) is 0 Å². The van der Waals surface area contributed by atoms with Crippen molar-refractivity contribution in [1.82, 2.24) is 19.5 Å². The Bertz CT molecular complexity index is 521. The molecule has 2 heterocycles.